The third-order valence-electron chi connectivity index (χ3n) is 4.26. The summed E-state index contributed by atoms with van der Waals surface area (Å²) in [6.07, 6.45) is 2.05. The fourth-order valence-electron chi connectivity index (χ4n) is 2.73. The smallest absolute Gasteiger partial charge is 0.258 e. The van der Waals surface area contributed by atoms with Crippen molar-refractivity contribution >= 4 is 16.9 Å². The molecule has 6 heteroatoms. The predicted octanol–water partition coefficient (Wildman–Crippen LogP) is 3.55. The van der Waals surface area contributed by atoms with E-state index in [0.29, 0.717) is 34.3 Å². The third-order valence-corrected chi connectivity index (χ3v) is 4.26. The van der Waals surface area contributed by atoms with E-state index < -0.39 is 0 Å². The van der Waals surface area contributed by atoms with E-state index in [2.05, 4.69) is 5.32 Å². The maximum atomic E-state index is 12.8. The molecule has 0 unspecified atom stereocenters. The molecule has 0 atom stereocenters. The highest BCUT2D eigenvalue weighted by molar-refractivity contribution is 5.80. The molecule has 1 aliphatic rings. The Morgan fingerprint density at radius 2 is 1.93 bits per heavy atom. The van der Waals surface area contributed by atoms with Crippen LogP contribution in [0.15, 0.2) is 57.7 Å². The first-order valence-corrected chi connectivity index (χ1v) is 8.82. The molecule has 4 rings (SSSR count). The Morgan fingerprint density at radius 1 is 1.15 bits per heavy atom. The van der Waals surface area contributed by atoms with Crippen LogP contribution < -0.4 is 20.2 Å². The molecular formula is C21H19NO5. The zero-order valence-corrected chi connectivity index (χ0v) is 14.9. The molecule has 1 aliphatic carbocycles. The number of nitrogens with one attached hydrogen (secondary N) is 1. The number of hydrogen-bond donors (Lipinski definition) is 1. The van der Waals surface area contributed by atoms with Gasteiger partial charge in [0.1, 0.15) is 22.8 Å². The van der Waals surface area contributed by atoms with Gasteiger partial charge in [-0.25, -0.2) is 0 Å². The minimum absolute atomic E-state index is 0.0690. The van der Waals surface area contributed by atoms with E-state index in [-0.39, 0.29) is 23.7 Å². The van der Waals surface area contributed by atoms with Gasteiger partial charge in [0.15, 0.2) is 6.61 Å². The fourth-order valence-corrected chi connectivity index (χ4v) is 2.73. The van der Waals surface area contributed by atoms with Crippen LogP contribution in [-0.2, 0) is 4.79 Å². The minimum atomic E-state index is -0.254. The van der Waals surface area contributed by atoms with Crippen LogP contribution in [0.5, 0.6) is 17.2 Å². The van der Waals surface area contributed by atoms with E-state index in [9.17, 15) is 9.59 Å². The summed E-state index contributed by atoms with van der Waals surface area (Å²) < 4.78 is 17.0. The average molecular weight is 365 g/mol. The van der Waals surface area contributed by atoms with Crippen molar-refractivity contribution in [3.8, 4) is 17.2 Å². The quantitative estimate of drug-likeness (QED) is 0.723. The predicted molar refractivity (Wildman–Crippen MR) is 100 cm³/mol. The second-order valence-electron chi connectivity index (χ2n) is 6.52. The van der Waals surface area contributed by atoms with Gasteiger partial charge in [-0.1, -0.05) is 18.2 Å². The van der Waals surface area contributed by atoms with Crippen molar-refractivity contribution in [2.45, 2.75) is 25.8 Å². The molecule has 3 aromatic rings. The van der Waals surface area contributed by atoms with Crippen LogP contribution >= 0.6 is 0 Å². The number of fused-ring (bicyclic) bond motifs is 1. The van der Waals surface area contributed by atoms with Crippen molar-refractivity contribution in [3.05, 3.63) is 64.5 Å². The Kier molecular flexibility index (Phi) is 4.54. The molecule has 1 heterocycles. The van der Waals surface area contributed by atoms with E-state index >= 15 is 0 Å². The van der Waals surface area contributed by atoms with Gasteiger partial charge in [0.25, 0.3) is 5.91 Å². The molecule has 6 nitrogen and oxygen atoms in total. The molecule has 27 heavy (non-hydrogen) atoms. The van der Waals surface area contributed by atoms with Gasteiger partial charge in [-0.3, -0.25) is 9.59 Å². The minimum Gasteiger partial charge on any atom is -0.484 e. The number of carbonyl (C=O) groups is 1. The lowest BCUT2D eigenvalue weighted by Crippen LogP contribution is -2.30. The number of carbonyl (C=O) groups excluding carboxylic acids is 1. The van der Waals surface area contributed by atoms with Crippen molar-refractivity contribution in [3.63, 3.8) is 0 Å². The summed E-state index contributed by atoms with van der Waals surface area (Å²) in [4.78, 5) is 24.5. The molecule has 0 saturated heterocycles. The van der Waals surface area contributed by atoms with Crippen LogP contribution in [0.1, 0.15) is 18.6 Å². The van der Waals surface area contributed by atoms with E-state index in [1.165, 1.54) is 0 Å². The topological polar surface area (TPSA) is 77.8 Å². The Hall–Kier alpha value is -3.28. The normalized spacial score (nSPS) is 13.4. The largest absolute Gasteiger partial charge is 0.484 e. The second-order valence-corrected chi connectivity index (χ2v) is 6.52. The number of para-hydroxylation sites is 1. The molecule has 1 fully saturated rings. The average Bonchev–Trinajstić information content (AvgIpc) is 3.48. The maximum Gasteiger partial charge on any atom is 0.258 e. The summed E-state index contributed by atoms with van der Waals surface area (Å²) in [5, 5.41) is 3.25. The van der Waals surface area contributed by atoms with Crippen LogP contribution in [0.2, 0.25) is 0 Å². The highest BCUT2D eigenvalue weighted by Gasteiger charge is 2.23. The lowest BCUT2D eigenvalue weighted by molar-refractivity contribution is -0.123. The lowest BCUT2D eigenvalue weighted by Gasteiger charge is -2.10. The highest BCUT2D eigenvalue weighted by atomic mass is 16.5. The van der Waals surface area contributed by atoms with E-state index in [0.717, 1.165) is 12.8 Å². The highest BCUT2D eigenvalue weighted by Crippen LogP contribution is 2.27. The Morgan fingerprint density at radius 3 is 2.67 bits per heavy atom. The number of aryl methyl sites for hydroxylation is 1. The molecule has 1 N–H and O–H groups in total. The van der Waals surface area contributed by atoms with Gasteiger partial charge < -0.3 is 19.2 Å². The van der Waals surface area contributed by atoms with Crippen molar-refractivity contribution in [1.29, 1.82) is 0 Å². The summed E-state index contributed by atoms with van der Waals surface area (Å²) in [6.45, 7) is 1.61. The summed E-state index contributed by atoms with van der Waals surface area (Å²) in [7, 11) is 0. The zero-order valence-electron chi connectivity index (χ0n) is 14.9. The molecule has 1 saturated carbocycles. The van der Waals surface area contributed by atoms with Gasteiger partial charge in [-0.2, -0.15) is 0 Å². The van der Waals surface area contributed by atoms with Gasteiger partial charge in [0, 0.05) is 12.1 Å². The molecule has 2 aromatic carbocycles. The van der Waals surface area contributed by atoms with E-state index in [4.69, 9.17) is 13.9 Å². The standard InChI is InChI=1S/C21H19NO5/c1-13-21(27-15-5-3-2-4-6-15)20(24)17-10-9-16(11-18(17)26-13)25-12-19(23)22-14-7-8-14/h2-6,9-11,14H,7-8,12H2,1H3,(H,22,23). The summed E-state index contributed by atoms with van der Waals surface area (Å²) in [5.74, 6) is 1.41. The lowest BCUT2D eigenvalue weighted by atomic mass is 10.2. The van der Waals surface area contributed by atoms with Crippen molar-refractivity contribution in [1.82, 2.24) is 5.32 Å². The van der Waals surface area contributed by atoms with E-state index in [1.807, 2.05) is 18.2 Å². The summed E-state index contributed by atoms with van der Waals surface area (Å²) >= 11 is 0. The Balaban J connectivity index is 1.56. The van der Waals surface area contributed by atoms with Crippen LogP contribution in [0, 0.1) is 6.92 Å². The number of amides is 1. The van der Waals surface area contributed by atoms with Crippen LogP contribution in [-0.4, -0.2) is 18.6 Å². The van der Waals surface area contributed by atoms with Gasteiger partial charge in [-0.05, 0) is 44.0 Å². The third kappa shape index (κ3) is 3.95. The van der Waals surface area contributed by atoms with Gasteiger partial charge in [0.05, 0.1) is 5.39 Å². The van der Waals surface area contributed by atoms with Gasteiger partial charge >= 0.3 is 0 Å². The van der Waals surface area contributed by atoms with Crippen LogP contribution in [0.25, 0.3) is 11.0 Å². The zero-order chi connectivity index (χ0) is 18.8. The first-order valence-electron chi connectivity index (χ1n) is 8.82. The van der Waals surface area contributed by atoms with Crippen LogP contribution in [0.4, 0.5) is 0 Å². The molecule has 1 aromatic heterocycles. The molecule has 0 aliphatic heterocycles. The molecular weight excluding hydrogens is 346 g/mol. The summed E-state index contributed by atoms with van der Waals surface area (Å²) in [6, 6.07) is 14.2. The Bertz CT molecular complexity index is 1040. The maximum absolute atomic E-state index is 12.8. The SMILES string of the molecule is Cc1oc2cc(OCC(=O)NC3CC3)ccc2c(=O)c1Oc1ccccc1. The number of benzene rings is 2. The molecule has 0 bridgehead atoms. The van der Waals surface area contributed by atoms with Crippen molar-refractivity contribution in [2.75, 3.05) is 6.61 Å². The first-order chi connectivity index (χ1) is 13.1. The van der Waals surface area contributed by atoms with E-state index in [1.54, 1.807) is 37.3 Å². The van der Waals surface area contributed by atoms with Gasteiger partial charge in [0.2, 0.25) is 11.2 Å². The monoisotopic (exact) mass is 365 g/mol. The second kappa shape index (κ2) is 7.15. The fraction of sp³-hybridized carbons (Fsp3) is 0.238. The summed E-state index contributed by atoms with van der Waals surface area (Å²) in [5.41, 5.74) is 0.133. The number of hydrogen-bond acceptors (Lipinski definition) is 5. The molecule has 0 radical (unpaired) electrons. The Labute approximate surface area is 155 Å². The van der Waals surface area contributed by atoms with Crippen molar-refractivity contribution in [2.24, 2.45) is 0 Å². The number of ether oxygens (including phenoxy) is 2. The molecule has 0 spiro atoms. The molecule has 138 valence electrons. The van der Waals surface area contributed by atoms with Crippen LogP contribution in [0.3, 0.4) is 0 Å². The molecule has 1 amide bonds. The van der Waals surface area contributed by atoms with Crippen molar-refractivity contribution < 1.29 is 18.7 Å². The number of rotatable bonds is 6. The van der Waals surface area contributed by atoms with Gasteiger partial charge in [-0.15, -0.1) is 0 Å². The first kappa shape index (κ1) is 17.1.